The van der Waals surface area contributed by atoms with Crippen LogP contribution in [0.4, 0.5) is 0 Å². The van der Waals surface area contributed by atoms with Crippen molar-refractivity contribution in [2.24, 2.45) is 5.41 Å². The molecule has 0 radical (unpaired) electrons. The highest BCUT2D eigenvalue weighted by Crippen LogP contribution is 2.40. The standard InChI is InChI=1S/C25H26N4O3/c30-19-14-25(17-29(16-19)23(31)18-4-3-10-26-15-18)8-12-28(13-9-25)24(32)21-7-11-27-22-6-2-1-5-20(21)22/h1-7,10-11,15,19,30H,8-9,12-14,16-17H2. The number of carbonyl (C=O) groups excluding carboxylic acids is 2. The molecule has 4 heterocycles. The lowest BCUT2D eigenvalue weighted by atomic mass is 9.71. The zero-order valence-electron chi connectivity index (χ0n) is 17.9. The number of piperidine rings is 2. The van der Waals surface area contributed by atoms with Crippen molar-refractivity contribution >= 4 is 22.7 Å². The van der Waals surface area contributed by atoms with Crippen molar-refractivity contribution in [3.8, 4) is 0 Å². The number of benzene rings is 1. The Morgan fingerprint density at radius 3 is 2.56 bits per heavy atom. The first-order valence-electron chi connectivity index (χ1n) is 11.1. The lowest BCUT2D eigenvalue weighted by Crippen LogP contribution is -2.55. The molecule has 1 spiro atoms. The van der Waals surface area contributed by atoms with E-state index in [9.17, 15) is 14.7 Å². The maximum absolute atomic E-state index is 13.3. The molecule has 2 saturated heterocycles. The predicted molar refractivity (Wildman–Crippen MR) is 120 cm³/mol. The molecule has 2 aliphatic heterocycles. The fourth-order valence-corrected chi connectivity index (χ4v) is 5.18. The molecule has 32 heavy (non-hydrogen) atoms. The van der Waals surface area contributed by atoms with Crippen LogP contribution in [0, 0.1) is 5.41 Å². The summed E-state index contributed by atoms with van der Waals surface area (Å²) in [6.07, 6.45) is 6.50. The number of hydrogen-bond acceptors (Lipinski definition) is 5. The number of aliphatic hydroxyl groups excluding tert-OH is 1. The molecule has 0 aliphatic carbocycles. The first-order valence-corrected chi connectivity index (χ1v) is 11.1. The molecule has 3 aromatic rings. The van der Waals surface area contributed by atoms with Crippen LogP contribution < -0.4 is 0 Å². The molecule has 7 nitrogen and oxygen atoms in total. The molecular weight excluding hydrogens is 404 g/mol. The van der Waals surface area contributed by atoms with E-state index in [0.717, 1.165) is 23.7 Å². The van der Waals surface area contributed by atoms with Gasteiger partial charge >= 0.3 is 0 Å². The number of pyridine rings is 2. The number of nitrogens with zero attached hydrogens (tertiary/aromatic N) is 4. The van der Waals surface area contributed by atoms with E-state index in [0.29, 0.717) is 43.7 Å². The molecule has 7 heteroatoms. The number of carbonyl (C=O) groups is 2. The largest absolute Gasteiger partial charge is 0.391 e. The maximum Gasteiger partial charge on any atom is 0.255 e. The van der Waals surface area contributed by atoms with Crippen LogP contribution in [-0.2, 0) is 0 Å². The predicted octanol–water partition coefficient (Wildman–Crippen LogP) is 2.76. The first-order chi connectivity index (χ1) is 15.5. The van der Waals surface area contributed by atoms with Gasteiger partial charge in [-0.2, -0.15) is 0 Å². The van der Waals surface area contributed by atoms with Crippen molar-refractivity contribution in [3.05, 3.63) is 72.2 Å². The molecule has 0 bridgehead atoms. The van der Waals surface area contributed by atoms with Crippen LogP contribution in [0.25, 0.3) is 10.9 Å². The minimum atomic E-state index is -0.559. The van der Waals surface area contributed by atoms with E-state index in [-0.39, 0.29) is 17.2 Å². The number of rotatable bonds is 2. The van der Waals surface area contributed by atoms with Crippen molar-refractivity contribution in [3.63, 3.8) is 0 Å². The molecule has 5 rings (SSSR count). The van der Waals surface area contributed by atoms with E-state index < -0.39 is 6.10 Å². The SMILES string of the molecule is O=C(c1cccnc1)N1CC(O)CC2(CCN(C(=O)c3ccnc4ccccc34)CC2)C1. The molecule has 1 unspecified atom stereocenters. The minimum Gasteiger partial charge on any atom is -0.391 e. The van der Waals surface area contributed by atoms with Crippen molar-refractivity contribution in [2.45, 2.75) is 25.4 Å². The van der Waals surface area contributed by atoms with Gasteiger partial charge in [0.05, 0.1) is 22.7 Å². The van der Waals surface area contributed by atoms with Gasteiger partial charge in [-0.05, 0) is 48.9 Å². The average Bonchev–Trinajstić information content (AvgIpc) is 2.83. The third kappa shape index (κ3) is 3.84. The summed E-state index contributed by atoms with van der Waals surface area (Å²) in [5, 5.41) is 11.4. The van der Waals surface area contributed by atoms with E-state index in [4.69, 9.17) is 0 Å². The van der Waals surface area contributed by atoms with E-state index >= 15 is 0 Å². The Hall–Kier alpha value is -3.32. The Balaban J connectivity index is 1.30. The van der Waals surface area contributed by atoms with Gasteiger partial charge in [-0.25, -0.2) is 0 Å². The van der Waals surface area contributed by atoms with Gasteiger partial charge in [-0.3, -0.25) is 19.6 Å². The lowest BCUT2D eigenvalue weighted by Gasteiger charge is -2.49. The summed E-state index contributed by atoms with van der Waals surface area (Å²) in [5.41, 5.74) is 1.84. The normalized spacial score (nSPS) is 20.5. The summed E-state index contributed by atoms with van der Waals surface area (Å²) in [6, 6.07) is 13.0. The first kappa shape index (κ1) is 20.6. The van der Waals surface area contributed by atoms with E-state index in [1.165, 1.54) is 0 Å². The molecule has 1 N–H and O–H groups in total. The van der Waals surface area contributed by atoms with Gasteiger partial charge in [0, 0.05) is 50.2 Å². The molecule has 2 amide bonds. The number of hydrogen-bond donors (Lipinski definition) is 1. The van der Waals surface area contributed by atoms with Crippen molar-refractivity contribution < 1.29 is 14.7 Å². The highest BCUT2D eigenvalue weighted by Gasteiger charge is 2.43. The van der Waals surface area contributed by atoms with Crippen molar-refractivity contribution in [2.75, 3.05) is 26.2 Å². The summed E-state index contributed by atoms with van der Waals surface area (Å²) >= 11 is 0. The molecule has 2 fully saturated rings. The van der Waals surface area contributed by atoms with Gasteiger partial charge in [-0.1, -0.05) is 18.2 Å². The fraction of sp³-hybridized carbons (Fsp3) is 0.360. The molecule has 0 saturated carbocycles. The molecule has 2 aliphatic rings. The Morgan fingerprint density at radius 1 is 0.969 bits per heavy atom. The van der Waals surface area contributed by atoms with E-state index in [2.05, 4.69) is 9.97 Å². The number of likely N-dealkylation sites (tertiary alicyclic amines) is 2. The van der Waals surface area contributed by atoms with Gasteiger partial charge in [0.15, 0.2) is 0 Å². The zero-order valence-corrected chi connectivity index (χ0v) is 17.9. The van der Waals surface area contributed by atoms with Gasteiger partial charge in [0.2, 0.25) is 0 Å². The van der Waals surface area contributed by atoms with Crippen LogP contribution in [-0.4, -0.2) is 69.0 Å². The molecule has 2 aromatic heterocycles. The van der Waals surface area contributed by atoms with Gasteiger partial charge in [-0.15, -0.1) is 0 Å². The van der Waals surface area contributed by atoms with Crippen LogP contribution >= 0.6 is 0 Å². The summed E-state index contributed by atoms with van der Waals surface area (Å²) in [5.74, 6) is -0.0870. The number of para-hydroxylation sites is 1. The number of fused-ring (bicyclic) bond motifs is 1. The lowest BCUT2D eigenvalue weighted by molar-refractivity contribution is -0.0299. The topological polar surface area (TPSA) is 86.6 Å². The smallest absolute Gasteiger partial charge is 0.255 e. The number of amides is 2. The number of β-amino-alcohol motifs (C(OH)–C–C–N with tert-alkyl or cyclic N) is 1. The Bertz CT molecular complexity index is 1140. The van der Waals surface area contributed by atoms with Crippen LogP contribution in [0.2, 0.25) is 0 Å². The van der Waals surface area contributed by atoms with Crippen molar-refractivity contribution in [1.82, 2.24) is 19.8 Å². The van der Waals surface area contributed by atoms with Crippen molar-refractivity contribution in [1.29, 1.82) is 0 Å². The van der Waals surface area contributed by atoms with E-state index in [1.54, 1.807) is 41.7 Å². The summed E-state index contributed by atoms with van der Waals surface area (Å²) in [7, 11) is 0. The summed E-state index contributed by atoms with van der Waals surface area (Å²) < 4.78 is 0. The highest BCUT2D eigenvalue weighted by molar-refractivity contribution is 6.06. The van der Waals surface area contributed by atoms with Crippen LogP contribution in [0.3, 0.4) is 0 Å². The van der Waals surface area contributed by atoms with Crippen LogP contribution in [0.1, 0.15) is 40.0 Å². The monoisotopic (exact) mass is 430 g/mol. The van der Waals surface area contributed by atoms with Gasteiger partial charge in [0.1, 0.15) is 0 Å². The molecular formula is C25H26N4O3. The number of aromatic nitrogens is 2. The third-order valence-electron chi connectivity index (χ3n) is 6.81. The molecule has 164 valence electrons. The summed E-state index contributed by atoms with van der Waals surface area (Å²) in [4.78, 5) is 38.3. The van der Waals surface area contributed by atoms with Gasteiger partial charge in [0.25, 0.3) is 11.8 Å². The van der Waals surface area contributed by atoms with E-state index in [1.807, 2.05) is 29.2 Å². The third-order valence-corrected chi connectivity index (χ3v) is 6.81. The molecule has 1 atom stereocenters. The second kappa shape index (κ2) is 8.31. The highest BCUT2D eigenvalue weighted by atomic mass is 16.3. The average molecular weight is 431 g/mol. The van der Waals surface area contributed by atoms with Gasteiger partial charge < -0.3 is 14.9 Å². The summed E-state index contributed by atoms with van der Waals surface area (Å²) in [6.45, 7) is 2.15. The Labute approximate surface area is 186 Å². The minimum absolute atomic E-state index is 0.0121. The Kier molecular flexibility index (Phi) is 5.35. The zero-order chi connectivity index (χ0) is 22.1. The fourth-order valence-electron chi connectivity index (χ4n) is 5.18. The maximum atomic E-state index is 13.3. The quantitative estimate of drug-likeness (QED) is 0.676. The van der Waals surface area contributed by atoms with Crippen LogP contribution in [0.15, 0.2) is 61.1 Å². The molecule has 1 aromatic carbocycles. The second-order valence-electron chi connectivity index (χ2n) is 8.95. The Morgan fingerprint density at radius 2 is 1.78 bits per heavy atom. The number of aliphatic hydroxyl groups is 1. The second-order valence-corrected chi connectivity index (χ2v) is 8.95. The van der Waals surface area contributed by atoms with Crippen LogP contribution in [0.5, 0.6) is 0 Å².